The Hall–Kier alpha value is 0.0700. The van der Waals surface area contributed by atoms with Gasteiger partial charge in [0.25, 0.3) is 0 Å². The van der Waals surface area contributed by atoms with Gasteiger partial charge in [-0.3, -0.25) is 4.79 Å². The number of rotatable bonds is 5. The minimum Gasteiger partial charge on any atom is -0.352 e. The second-order valence-electron chi connectivity index (χ2n) is 6.01. The van der Waals surface area contributed by atoms with Crippen molar-refractivity contribution in [3.05, 3.63) is 0 Å². The number of carbonyl (C=O) groups is 1. The molecule has 0 aromatic carbocycles. The highest BCUT2D eigenvalue weighted by atomic mass is 35.5. The van der Waals surface area contributed by atoms with Gasteiger partial charge in [0, 0.05) is 23.8 Å². The molecule has 2 fully saturated rings. The molecular formula is C15H29ClN2OS. The molecule has 0 saturated heterocycles. The summed E-state index contributed by atoms with van der Waals surface area (Å²) in [5.41, 5.74) is 6.13. The van der Waals surface area contributed by atoms with Gasteiger partial charge in [0.05, 0.1) is 0 Å². The summed E-state index contributed by atoms with van der Waals surface area (Å²) in [5.74, 6) is 1.79. The van der Waals surface area contributed by atoms with Gasteiger partial charge in [0.2, 0.25) is 5.91 Å². The molecule has 5 heteroatoms. The molecule has 2 aliphatic carbocycles. The van der Waals surface area contributed by atoms with Gasteiger partial charge in [-0.15, -0.1) is 12.4 Å². The SMILES string of the molecule is CCSC1CCCC1NC(=O)CC1CCCCC1N.Cl. The van der Waals surface area contributed by atoms with Crippen LogP contribution in [0.3, 0.4) is 0 Å². The number of amides is 1. The van der Waals surface area contributed by atoms with Crippen molar-refractivity contribution in [1.29, 1.82) is 0 Å². The third-order valence-electron chi connectivity index (χ3n) is 4.60. The van der Waals surface area contributed by atoms with Gasteiger partial charge in [-0.25, -0.2) is 0 Å². The van der Waals surface area contributed by atoms with Gasteiger partial charge >= 0.3 is 0 Å². The van der Waals surface area contributed by atoms with Crippen molar-refractivity contribution >= 4 is 30.1 Å². The molecule has 0 spiro atoms. The van der Waals surface area contributed by atoms with Crippen molar-refractivity contribution in [2.45, 2.75) is 75.6 Å². The van der Waals surface area contributed by atoms with Gasteiger partial charge in [0.1, 0.15) is 0 Å². The smallest absolute Gasteiger partial charge is 0.220 e. The molecule has 0 aliphatic heterocycles. The molecule has 20 heavy (non-hydrogen) atoms. The molecule has 1 amide bonds. The van der Waals surface area contributed by atoms with E-state index in [0.717, 1.165) is 25.0 Å². The van der Waals surface area contributed by atoms with Crippen LogP contribution >= 0.6 is 24.2 Å². The number of carbonyl (C=O) groups excluding carboxylic acids is 1. The molecule has 3 N–H and O–H groups in total. The van der Waals surface area contributed by atoms with E-state index in [0.29, 0.717) is 23.6 Å². The molecule has 0 aromatic rings. The van der Waals surface area contributed by atoms with Gasteiger partial charge in [-0.2, -0.15) is 11.8 Å². The van der Waals surface area contributed by atoms with Crippen LogP contribution in [-0.4, -0.2) is 29.0 Å². The van der Waals surface area contributed by atoms with Crippen LogP contribution < -0.4 is 11.1 Å². The first-order valence-electron chi connectivity index (χ1n) is 7.87. The molecule has 2 aliphatic rings. The van der Waals surface area contributed by atoms with Crippen LogP contribution in [0.2, 0.25) is 0 Å². The average Bonchev–Trinajstić information content (AvgIpc) is 2.80. The van der Waals surface area contributed by atoms with E-state index in [-0.39, 0.29) is 24.4 Å². The zero-order valence-electron chi connectivity index (χ0n) is 12.5. The lowest BCUT2D eigenvalue weighted by molar-refractivity contribution is -0.123. The molecular weight excluding hydrogens is 292 g/mol. The zero-order chi connectivity index (χ0) is 13.7. The third kappa shape index (κ3) is 5.12. The number of hydrogen-bond acceptors (Lipinski definition) is 3. The van der Waals surface area contributed by atoms with Crippen LogP contribution in [0.1, 0.15) is 58.3 Å². The quantitative estimate of drug-likeness (QED) is 0.818. The summed E-state index contributed by atoms with van der Waals surface area (Å²) < 4.78 is 0. The van der Waals surface area contributed by atoms with Crippen molar-refractivity contribution in [2.75, 3.05) is 5.75 Å². The van der Waals surface area contributed by atoms with E-state index >= 15 is 0 Å². The van der Waals surface area contributed by atoms with E-state index < -0.39 is 0 Å². The lowest BCUT2D eigenvalue weighted by Gasteiger charge is -2.29. The summed E-state index contributed by atoms with van der Waals surface area (Å²) in [5, 5.41) is 3.90. The Kier molecular flexibility index (Phi) is 8.30. The Morgan fingerprint density at radius 2 is 1.95 bits per heavy atom. The first-order valence-corrected chi connectivity index (χ1v) is 8.92. The molecule has 0 bridgehead atoms. The van der Waals surface area contributed by atoms with Gasteiger partial charge < -0.3 is 11.1 Å². The number of halogens is 1. The van der Waals surface area contributed by atoms with E-state index in [9.17, 15) is 4.79 Å². The van der Waals surface area contributed by atoms with E-state index in [2.05, 4.69) is 12.2 Å². The lowest BCUT2D eigenvalue weighted by Crippen LogP contribution is -2.42. The van der Waals surface area contributed by atoms with Crippen molar-refractivity contribution in [1.82, 2.24) is 5.32 Å². The van der Waals surface area contributed by atoms with Gasteiger partial charge in [-0.1, -0.05) is 26.2 Å². The maximum absolute atomic E-state index is 12.2. The number of hydrogen-bond donors (Lipinski definition) is 2. The van der Waals surface area contributed by atoms with Crippen LogP contribution in [-0.2, 0) is 4.79 Å². The monoisotopic (exact) mass is 320 g/mol. The number of thioether (sulfide) groups is 1. The van der Waals surface area contributed by atoms with Crippen molar-refractivity contribution in [2.24, 2.45) is 11.7 Å². The van der Waals surface area contributed by atoms with Crippen LogP contribution in [0.4, 0.5) is 0 Å². The first-order chi connectivity index (χ1) is 9.20. The third-order valence-corrected chi connectivity index (χ3v) is 5.92. The average molecular weight is 321 g/mol. The fraction of sp³-hybridized carbons (Fsp3) is 0.933. The Morgan fingerprint density at radius 3 is 2.65 bits per heavy atom. The minimum atomic E-state index is 0. The highest BCUT2D eigenvalue weighted by Crippen LogP contribution is 2.30. The summed E-state index contributed by atoms with van der Waals surface area (Å²) in [6, 6.07) is 0.640. The molecule has 4 atom stereocenters. The summed E-state index contributed by atoms with van der Waals surface area (Å²) in [4.78, 5) is 12.2. The maximum atomic E-state index is 12.2. The minimum absolute atomic E-state index is 0. The standard InChI is InChI=1S/C15H28N2OS.ClH/c1-2-19-14-9-5-8-13(14)17-15(18)10-11-6-3-4-7-12(11)16;/h11-14H,2-10,16H2,1H3,(H,17,18);1H. The fourth-order valence-corrected chi connectivity index (χ4v) is 4.70. The van der Waals surface area contributed by atoms with Gasteiger partial charge in [0.15, 0.2) is 0 Å². The van der Waals surface area contributed by atoms with E-state index in [1.807, 2.05) is 11.8 Å². The molecule has 2 rings (SSSR count). The second-order valence-corrected chi connectivity index (χ2v) is 7.53. The van der Waals surface area contributed by atoms with Crippen molar-refractivity contribution in [3.63, 3.8) is 0 Å². The number of nitrogens with one attached hydrogen (secondary N) is 1. The molecule has 0 radical (unpaired) electrons. The van der Waals surface area contributed by atoms with Crippen molar-refractivity contribution < 1.29 is 4.79 Å². The van der Waals surface area contributed by atoms with Crippen LogP contribution in [0.15, 0.2) is 0 Å². The van der Waals surface area contributed by atoms with Gasteiger partial charge in [-0.05, 0) is 37.4 Å². The van der Waals surface area contributed by atoms with E-state index in [1.165, 1.54) is 25.7 Å². The Labute approximate surface area is 133 Å². The highest BCUT2D eigenvalue weighted by molar-refractivity contribution is 7.99. The van der Waals surface area contributed by atoms with Crippen LogP contribution in [0.5, 0.6) is 0 Å². The molecule has 0 heterocycles. The molecule has 118 valence electrons. The molecule has 0 aromatic heterocycles. The molecule has 4 unspecified atom stereocenters. The fourth-order valence-electron chi connectivity index (χ4n) is 3.50. The molecule has 2 saturated carbocycles. The predicted molar refractivity (Wildman–Crippen MR) is 89.5 cm³/mol. The topological polar surface area (TPSA) is 55.1 Å². The maximum Gasteiger partial charge on any atom is 0.220 e. The lowest BCUT2D eigenvalue weighted by atomic mass is 9.83. The Morgan fingerprint density at radius 1 is 1.20 bits per heavy atom. The normalized spacial score (nSPS) is 33.5. The zero-order valence-corrected chi connectivity index (χ0v) is 14.1. The van der Waals surface area contributed by atoms with Crippen LogP contribution in [0.25, 0.3) is 0 Å². The highest BCUT2D eigenvalue weighted by Gasteiger charge is 2.30. The van der Waals surface area contributed by atoms with Crippen LogP contribution in [0, 0.1) is 5.92 Å². The largest absolute Gasteiger partial charge is 0.352 e. The van der Waals surface area contributed by atoms with Crippen molar-refractivity contribution in [3.8, 4) is 0 Å². The van der Waals surface area contributed by atoms with E-state index in [1.54, 1.807) is 0 Å². The Balaban J connectivity index is 0.00000200. The summed E-state index contributed by atoms with van der Waals surface area (Å²) in [6.45, 7) is 2.20. The Bertz CT molecular complexity index is 304. The van der Waals surface area contributed by atoms with E-state index in [4.69, 9.17) is 5.73 Å². The summed E-state index contributed by atoms with van der Waals surface area (Å²) in [6.07, 6.45) is 9.00. The summed E-state index contributed by atoms with van der Waals surface area (Å²) in [7, 11) is 0. The molecule has 3 nitrogen and oxygen atoms in total. The number of nitrogens with two attached hydrogens (primary N) is 1. The predicted octanol–water partition coefficient (Wildman–Crippen LogP) is 3.11. The first kappa shape index (κ1) is 18.1. The summed E-state index contributed by atoms with van der Waals surface area (Å²) >= 11 is 2.00. The second kappa shape index (κ2) is 9.16.